The normalized spacial score (nSPS) is 46.8. The summed E-state index contributed by atoms with van der Waals surface area (Å²) in [6.07, 6.45) is 3.99. The van der Waals surface area contributed by atoms with Crippen LogP contribution in [0.25, 0.3) is 0 Å². The standard InChI is InChI=1S/C17H23F2N3O2/c18-17(19)6-12(7-20)22(9-17)14(23)13(21)15-2-10-1-11(3-15)5-16(24,4-10)8-15/h10-13,24H,1-6,8-9,21H2/t10?,11?,12-,13+,15?,16?/m0/s1. The molecule has 0 aromatic heterocycles. The molecule has 5 rings (SSSR count). The van der Waals surface area contributed by atoms with Gasteiger partial charge in [-0.25, -0.2) is 8.78 Å². The molecule has 2 unspecified atom stereocenters. The molecular weight excluding hydrogens is 316 g/mol. The maximum absolute atomic E-state index is 13.7. The van der Waals surface area contributed by atoms with Gasteiger partial charge in [0.25, 0.3) is 5.92 Å². The molecule has 5 nitrogen and oxygen atoms in total. The molecule has 1 saturated heterocycles. The second kappa shape index (κ2) is 4.89. The van der Waals surface area contributed by atoms with E-state index in [4.69, 9.17) is 11.0 Å². The lowest BCUT2D eigenvalue weighted by Crippen LogP contribution is -2.64. The number of carbonyl (C=O) groups excluding carboxylic acids is 1. The van der Waals surface area contributed by atoms with Crippen molar-refractivity contribution in [3.05, 3.63) is 0 Å². The fraction of sp³-hybridized carbons (Fsp3) is 0.882. The first-order valence-corrected chi connectivity index (χ1v) is 8.71. The predicted molar refractivity (Wildman–Crippen MR) is 80.7 cm³/mol. The van der Waals surface area contributed by atoms with E-state index in [0.717, 1.165) is 37.0 Å². The summed E-state index contributed by atoms with van der Waals surface area (Å²) in [7, 11) is 0. The van der Waals surface area contributed by atoms with E-state index in [0.29, 0.717) is 18.3 Å². The minimum absolute atomic E-state index is 0.363. The Labute approximate surface area is 139 Å². The van der Waals surface area contributed by atoms with Crippen LogP contribution in [0.15, 0.2) is 0 Å². The van der Waals surface area contributed by atoms with Gasteiger partial charge in [-0.05, 0) is 55.8 Å². The Morgan fingerprint density at radius 1 is 1.25 bits per heavy atom. The summed E-state index contributed by atoms with van der Waals surface area (Å²) < 4.78 is 27.3. The Morgan fingerprint density at radius 3 is 2.42 bits per heavy atom. The molecule has 1 aliphatic heterocycles. The molecule has 4 aliphatic carbocycles. The van der Waals surface area contributed by atoms with Crippen molar-refractivity contribution >= 4 is 5.91 Å². The molecule has 132 valence electrons. The molecule has 3 N–H and O–H groups in total. The van der Waals surface area contributed by atoms with Crippen LogP contribution in [-0.2, 0) is 4.79 Å². The third kappa shape index (κ3) is 2.34. The molecule has 4 bridgehead atoms. The second-order valence-corrected chi connectivity index (χ2v) is 8.70. The lowest BCUT2D eigenvalue weighted by atomic mass is 9.46. The summed E-state index contributed by atoms with van der Waals surface area (Å²) in [5.41, 5.74) is 5.04. The van der Waals surface area contributed by atoms with Gasteiger partial charge in [0.05, 0.1) is 24.3 Å². The summed E-state index contributed by atoms with van der Waals surface area (Å²) in [5.74, 6) is -2.86. The molecule has 5 fully saturated rings. The average molecular weight is 339 g/mol. The Balaban J connectivity index is 1.59. The number of hydrogen-bond donors (Lipinski definition) is 2. The Morgan fingerprint density at radius 2 is 1.88 bits per heavy atom. The first-order chi connectivity index (χ1) is 11.2. The van der Waals surface area contributed by atoms with Crippen molar-refractivity contribution in [2.75, 3.05) is 6.54 Å². The van der Waals surface area contributed by atoms with Gasteiger partial charge in [-0.1, -0.05) is 0 Å². The van der Waals surface area contributed by atoms with E-state index in [1.54, 1.807) is 6.07 Å². The third-order valence-corrected chi connectivity index (χ3v) is 6.70. The summed E-state index contributed by atoms with van der Waals surface area (Å²) in [4.78, 5) is 13.8. The van der Waals surface area contributed by atoms with Gasteiger partial charge in [-0.2, -0.15) is 5.26 Å². The summed E-state index contributed by atoms with van der Waals surface area (Å²) in [6.45, 7) is -0.731. The fourth-order valence-electron chi connectivity index (χ4n) is 6.25. The first kappa shape index (κ1) is 16.2. The molecule has 1 amide bonds. The second-order valence-electron chi connectivity index (χ2n) is 8.70. The lowest BCUT2D eigenvalue weighted by Gasteiger charge is -2.61. The molecule has 7 heteroatoms. The van der Waals surface area contributed by atoms with Crippen molar-refractivity contribution in [3.63, 3.8) is 0 Å². The highest BCUT2D eigenvalue weighted by molar-refractivity contribution is 5.84. The number of nitrogens with two attached hydrogens (primary N) is 1. The number of alkyl halides is 2. The van der Waals surface area contributed by atoms with Crippen LogP contribution in [0.1, 0.15) is 44.9 Å². The highest BCUT2D eigenvalue weighted by Crippen LogP contribution is 2.62. The molecule has 0 spiro atoms. The Hall–Kier alpha value is -1.26. The lowest BCUT2D eigenvalue weighted by molar-refractivity contribution is -0.177. The SMILES string of the molecule is N#C[C@@H]1CC(F)(F)CN1C(=O)[C@@H](N)C12CC3CC(CC(O)(C3)C1)C2. The van der Waals surface area contributed by atoms with E-state index in [1.165, 1.54) is 0 Å². The monoisotopic (exact) mass is 339 g/mol. The van der Waals surface area contributed by atoms with Gasteiger partial charge in [0, 0.05) is 6.42 Å². The molecule has 0 aromatic rings. The molecule has 24 heavy (non-hydrogen) atoms. The number of nitrogens with zero attached hydrogens (tertiary/aromatic N) is 2. The molecule has 4 saturated carbocycles. The average Bonchev–Trinajstić information content (AvgIpc) is 2.78. The van der Waals surface area contributed by atoms with E-state index in [9.17, 15) is 18.7 Å². The van der Waals surface area contributed by atoms with Crippen molar-refractivity contribution in [2.24, 2.45) is 23.0 Å². The quantitative estimate of drug-likeness (QED) is 0.796. The maximum atomic E-state index is 13.7. The van der Waals surface area contributed by atoms with Crippen LogP contribution in [0, 0.1) is 28.6 Å². The largest absolute Gasteiger partial charge is 0.390 e. The third-order valence-electron chi connectivity index (χ3n) is 6.70. The summed E-state index contributed by atoms with van der Waals surface area (Å²) >= 11 is 0. The smallest absolute Gasteiger partial charge is 0.268 e. The van der Waals surface area contributed by atoms with Gasteiger partial charge in [0.1, 0.15) is 6.04 Å². The van der Waals surface area contributed by atoms with Gasteiger partial charge in [0.15, 0.2) is 0 Å². The van der Waals surface area contributed by atoms with Crippen LogP contribution in [0.2, 0.25) is 0 Å². The molecule has 0 radical (unpaired) electrons. The maximum Gasteiger partial charge on any atom is 0.268 e. The van der Waals surface area contributed by atoms with E-state index in [1.807, 2.05) is 0 Å². The zero-order chi connectivity index (χ0) is 17.3. The predicted octanol–water partition coefficient (Wildman–Crippen LogP) is 1.40. The zero-order valence-electron chi connectivity index (χ0n) is 13.5. The number of carbonyl (C=O) groups is 1. The van der Waals surface area contributed by atoms with E-state index in [2.05, 4.69) is 0 Å². The highest BCUT2D eigenvalue weighted by atomic mass is 19.3. The molecular formula is C17H23F2N3O2. The number of amides is 1. The van der Waals surface area contributed by atoms with Crippen molar-refractivity contribution in [3.8, 4) is 6.07 Å². The Kier molecular flexibility index (Phi) is 3.30. The van der Waals surface area contributed by atoms with Crippen molar-refractivity contribution in [1.29, 1.82) is 5.26 Å². The van der Waals surface area contributed by atoms with E-state index in [-0.39, 0.29) is 0 Å². The van der Waals surface area contributed by atoms with E-state index < -0.39 is 47.9 Å². The van der Waals surface area contributed by atoms with Crippen molar-refractivity contribution in [1.82, 2.24) is 4.90 Å². The Bertz CT molecular complexity index is 603. The van der Waals surface area contributed by atoms with Crippen LogP contribution in [0.4, 0.5) is 8.78 Å². The van der Waals surface area contributed by atoms with Gasteiger partial charge >= 0.3 is 0 Å². The molecule has 0 aromatic carbocycles. The molecule has 4 atom stereocenters. The van der Waals surface area contributed by atoms with Crippen LogP contribution >= 0.6 is 0 Å². The van der Waals surface area contributed by atoms with Gasteiger partial charge in [-0.3, -0.25) is 4.79 Å². The van der Waals surface area contributed by atoms with Crippen LogP contribution in [0.3, 0.4) is 0 Å². The molecule has 1 heterocycles. The number of hydrogen-bond acceptors (Lipinski definition) is 4. The molecule has 5 aliphatic rings. The van der Waals surface area contributed by atoms with Gasteiger partial charge in [-0.15, -0.1) is 0 Å². The minimum atomic E-state index is -3.03. The minimum Gasteiger partial charge on any atom is -0.390 e. The number of rotatable bonds is 2. The van der Waals surface area contributed by atoms with Gasteiger partial charge in [0.2, 0.25) is 5.91 Å². The number of aliphatic hydroxyl groups is 1. The van der Waals surface area contributed by atoms with Crippen molar-refractivity contribution in [2.45, 2.75) is 68.6 Å². The fourth-order valence-corrected chi connectivity index (χ4v) is 6.25. The van der Waals surface area contributed by atoms with Gasteiger partial charge < -0.3 is 15.7 Å². The van der Waals surface area contributed by atoms with E-state index >= 15 is 0 Å². The van der Waals surface area contributed by atoms with Crippen molar-refractivity contribution < 1.29 is 18.7 Å². The van der Waals surface area contributed by atoms with Crippen LogP contribution < -0.4 is 5.73 Å². The van der Waals surface area contributed by atoms with Crippen LogP contribution in [0.5, 0.6) is 0 Å². The zero-order valence-corrected chi connectivity index (χ0v) is 13.5. The number of nitriles is 1. The number of halogens is 2. The highest BCUT2D eigenvalue weighted by Gasteiger charge is 2.61. The topological polar surface area (TPSA) is 90.4 Å². The first-order valence-electron chi connectivity index (χ1n) is 8.71. The van der Waals surface area contributed by atoms with Crippen LogP contribution in [-0.4, -0.2) is 46.1 Å². The summed E-state index contributed by atoms with van der Waals surface area (Å²) in [5, 5.41) is 19.9. The number of likely N-dealkylation sites (tertiary alicyclic amines) is 1. The summed E-state index contributed by atoms with van der Waals surface area (Å²) in [6, 6.07) is -0.225.